The van der Waals surface area contributed by atoms with E-state index < -0.39 is 24.0 Å². The molecule has 0 bridgehead atoms. The van der Waals surface area contributed by atoms with Crippen LogP contribution >= 0.6 is 25.3 Å². The first kappa shape index (κ1) is 14.5. The van der Waals surface area contributed by atoms with E-state index in [-0.39, 0.29) is 11.5 Å². The molecular weight excluding hydrogens is 242 g/mol. The molecule has 0 aliphatic heterocycles. The minimum atomic E-state index is -1.09. The highest BCUT2D eigenvalue weighted by Gasteiger charge is 2.17. The molecule has 88 valence electrons. The van der Waals surface area contributed by atoms with E-state index in [9.17, 15) is 9.59 Å². The van der Waals surface area contributed by atoms with E-state index in [4.69, 9.17) is 10.2 Å². The van der Waals surface area contributed by atoms with Crippen molar-refractivity contribution in [1.29, 1.82) is 0 Å². The molecule has 0 radical (unpaired) electrons. The Hall–Kier alpha value is -0.480. The predicted octanol–water partition coefficient (Wildman–Crippen LogP) is -1.65. The van der Waals surface area contributed by atoms with Crippen molar-refractivity contribution >= 4 is 37.2 Å². The van der Waals surface area contributed by atoms with Crippen LogP contribution in [0.15, 0.2) is 0 Å². The van der Waals surface area contributed by atoms with Crippen LogP contribution in [0.25, 0.3) is 0 Å². The third-order valence-electron chi connectivity index (χ3n) is 1.45. The monoisotopic (exact) mass is 255 g/mol. The van der Waals surface area contributed by atoms with E-state index in [2.05, 4.69) is 41.6 Å². The number of thiol groups is 2. The average Bonchev–Trinajstić information content (AvgIpc) is 2.17. The first-order valence-corrected chi connectivity index (χ1v) is 5.22. The molecule has 0 rings (SSSR count). The van der Waals surface area contributed by atoms with Gasteiger partial charge in [0.2, 0.25) is 0 Å². The molecule has 0 saturated carbocycles. The Labute approximate surface area is 97.4 Å². The molecule has 0 aromatic rings. The van der Waals surface area contributed by atoms with Crippen molar-refractivity contribution in [1.82, 2.24) is 16.4 Å². The van der Waals surface area contributed by atoms with Gasteiger partial charge in [-0.15, -0.1) is 0 Å². The zero-order valence-electron chi connectivity index (χ0n) is 7.67. The number of hydrogen-bond acceptors (Lipinski definition) is 7. The number of hydrogen-bond donors (Lipinski definition) is 7. The van der Waals surface area contributed by atoms with Crippen molar-refractivity contribution in [3.05, 3.63) is 0 Å². The Morgan fingerprint density at radius 1 is 1.00 bits per heavy atom. The topological polar surface area (TPSA) is 111 Å². The Kier molecular flexibility index (Phi) is 7.52. The number of hydrazine groups is 2. The zero-order valence-corrected chi connectivity index (χ0v) is 9.46. The van der Waals surface area contributed by atoms with Crippen molar-refractivity contribution in [3.63, 3.8) is 0 Å². The molecule has 0 spiro atoms. The molecule has 5 N–H and O–H groups in total. The van der Waals surface area contributed by atoms with E-state index >= 15 is 0 Å². The minimum Gasteiger partial charge on any atom is -0.480 e. The maximum absolute atomic E-state index is 10.5. The molecule has 9 heteroatoms. The summed E-state index contributed by atoms with van der Waals surface area (Å²) in [7, 11) is 0. The molecule has 15 heavy (non-hydrogen) atoms. The summed E-state index contributed by atoms with van der Waals surface area (Å²) < 4.78 is 0. The van der Waals surface area contributed by atoms with Gasteiger partial charge in [0, 0.05) is 11.5 Å². The summed E-state index contributed by atoms with van der Waals surface area (Å²) in [5, 5.41) is 17.2. The lowest BCUT2D eigenvalue weighted by atomic mass is 10.4. The maximum Gasteiger partial charge on any atom is 0.322 e. The molecule has 0 aliphatic rings. The highest BCUT2D eigenvalue weighted by molar-refractivity contribution is 7.80. The molecule has 0 fully saturated rings. The van der Waals surface area contributed by atoms with E-state index in [0.717, 1.165) is 0 Å². The summed E-state index contributed by atoms with van der Waals surface area (Å²) in [5.74, 6) is -2.03. The second-order valence-corrected chi connectivity index (χ2v) is 3.29. The smallest absolute Gasteiger partial charge is 0.322 e. The normalized spacial score (nSPS) is 14.5. The maximum atomic E-state index is 10.5. The van der Waals surface area contributed by atoms with Crippen LogP contribution in [-0.2, 0) is 9.59 Å². The van der Waals surface area contributed by atoms with Crippen molar-refractivity contribution in [2.45, 2.75) is 12.1 Å². The van der Waals surface area contributed by atoms with Gasteiger partial charge in [-0.2, -0.15) is 30.8 Å². The van der Waals surface area contributed by atoms with Crippen molar-refractivity contribution in [2.24, 2.45) is 0 Å². The van der Waals surface area contributed by atoms with Gasteiger partial charge in [-0.25, -0.2) is 10.9 Å². The van der Waals surface area contributed by atoms with Gasteiger partial charge < -0.3 is 10.2 Å². The van der Waals surface area contributed by atoms with E-state index in [1.807, 2.05) is 0 Å². The number of rotatable bonds is 8. The molecule has 0 aromatic carbocycles. The van der Waals surface area contributed by atoms with Gasteiger partial charge in [0.25, 0.3) is 0 Å². The van der Waals surface area contributed by atoms with E-state index in [1.165, 1.54) is 0 Å². The first-order chi connectivity index (χ1) is 7.02. The second kappa shape index (κ2) is 7.77. The van der Waals surface area contributed by atoms with Gasteiger partial charge in [0.1, 0.15) is 12.1 Å². The van der Waals surface area contributed by atoms with Gasteiger partial charge in [0.05, 0.1) is 0 Å². The summed E-state index contributed by atoms with van der Waals surface area (Å²) in [6.07, 6.45) is 0. The molecule has 0 amide bonds. The predicted molar refractivity (Wildman–Crippen MR) is 60.0 cm³/mol. The van der Waals surface area contributed by atoms with E-state index in [1.54, 1.807) is 0 Å². The third-order valence-corrected chi connectivity index (χ3v) is 2.18. The quantitative estimate of drug-likeness (QED) is 0.206. The Morgan fingerprint density at radius 3 is 1.53 bits per heavy atom. The lowest BCUT2D eigenvalue weighted by Gasteiger charge is -2.16. The van der Waals surface area contributed by atoms with Crippen molar-refractivity contribution in [2.75, 3.05) is 11.5 Å². The standard InChI is InChI=1S/C6H13N3O4S2/c10-5(11)3(1-14)7-9-8-4(2-15)6(12)13/h3-4,7-9,14-15H,1-2H2,(H,10,11)(H,12,13)/t3-,4-/m0/s1. The fourth-order valence-corrected chi connectivity index (χ4v) is 1.08. The number of carboxylic acids is 2. The third kappa shape index (κ3) is 5.85. The number of nitrogens with one attached hydrogen (secondary N) is 3. The number of carbonyl (C=O) groups is 2. The fraction of sp³-hybridized carbons (Fsp3) is 0.667. The summed E-state index contributed by atoms with van der Waals surface area (Å²) in [4.78, 5) is 21.0. The molecular formula is C6H13N3O4S2. The summed E-state index contributed by atoms with van der Waals surface area (Å²) >= 11 is 7.60. The molecule has 2 atom stereocenters. The Bertz CT molecular complexity index is 206. The van der Waals surface area contributed by atoms with Gasteiger partial charge in [-0.1, -0.05) is 0 Å². The molecule has 0 aliphatic carbocycles. The number of carboxylic acid groups (broad SMARTS) is 2. The van der Waals surface area contributed by atoms with Crippen LogP contribution in [0.5, 0.6) is 0 Å². The lowest BCUT2D eigenvalue weighted by molar-refractivity contribution is -0.139. The SMILES string of the molecule is O=C(O)[C@H](CS)NNN[C@@H](CS)C(=O)O. The molecule has 0 heterocycles. The van der Waals surface area contributed by atoms with Gasteiger partial charge in [0.15, 0.2) is 0 Å². The highest BCUT2D eigenvalue weighted by Crippen LogP contribution is 1.87. The Morgan fingerprint density at radius 2 is 1.33 bits per heavy atom. The molecule has 7 nitrogen and oxygen atoms in total. The van der Waals surface area contributed by atoms with Gasteiger partial charge in [-0.3, -0.25) is 9.59 Å². The number of aliphatic carboxylic acids is 2. The van der Waals surface area contributed by atoms with Crippen LogP contribution in [0, 0.1) is 0 Å². The van der Waals surface area contributed by atoms with Crippen LogP contribution in [0.4, 0.5) is 0 Å². The van der Waals surface area contributed by atoms with Gasteiger partial charge in [-0.05, 0) is 0 Å². The van der Waals surface area contributed by atoms with Crippen LogP contribution in [0.2, 0.25) is 0 Å². The van der Waals surface area contributed by atoms with Crippen LogP contribution in [-0.4, -0.2) is 45.7 Å². The zero-order chi connectivity index (χ0) is 11.8. The average molecular weight is 255 g/mol. The molecule has 0 aromatic heterocycles. The van der Waals surface area contributed by atoms with Crippen LogP contribution in [0.1, 0.15) is 0 Å². The largest absolute Gasteiger partial charge is 0.480 e. The summed E-state index contributed by atoms with van der Waals surface area (Å²) in [6, 6.07) is -1.81. The highest BCUT2D eigenvalue weighted by atomic mass is 32.1. The van der Waals surface area contributed by atoms with E-state index in [0.29, 0.717) is 0 Å². The minimum absolute atomic E-state index is 0.0721. The summed E-state index contributed by atoms with van der Waals surface area (Å²) in [5.41, 5.74) is 7.00. The van der Waals surface area contributed by atoms with Gasteiger partial charge >= 0.3 is 11.9 Å². The molecule has 0 saturated heterocycles. The van der Waals surface area contributed by atoms with Crippen molar-refractivity contribution < 1.29 is 19.8 Å². The lowest BCUT2D eigenvalue weighted by Crippen LogP contribution is -2.57. The van der Waals surface area contributed by atoms with Crippen molar-refractivity contribution in [3.8, 4) is 0 Å². The molecule has 0 unspecified atom stereocenters. The fourth-order valence-electron chi connectivity index (χ4n) is 0.587. The Balaban J connectivity index is 3.85. The van der Waals surface area contributed by atoms with Crippen LogP contribution in [0.3, 0.4) is 0 Å². The van der Waals surface area contributed by atoms with Crippen LogP contribution < -0.4 is 16.4 Å². The second-order valence-electron chi connectivity index (χ2n) is 2.56. The first-order valence-electron chi connectivity index (χ1n) is 3.96. The summed E-state index contributed by atoms with van der Waals surface area (Å²) in [6.45, 7) is 0.